The van der Waals surface area contributed by atoms with Crippen molar-refractivity contribution in [1.29, 1.82) is 0 Å². The summed E-state index contributed by atoms with van der Waals surface area (Å²) < 4.78 is 31.5. The quantitative estimate of drug-likeness (QED) is 0.815. The Morgan fingerprint density at radius 2 is 2.18 bits per heavy atom. The number of alkyl halides is 3. The number of aromatic nitrogens is 1. The molecule has 0 bridgehead atoms. The SMILES string of the molecule is CCn1c(=O)oc2cc(C(Br)C(F)F)ccc21. The lowest BCUT2D eigenvalue weighted by Crippen LogP contribution is -2.11. The Morgan fingerprint density at radius 1 is 1.47 bits per heavy atom. The average Bonchev–Trinajstić information content (AvgIpc) is 2.61. The maximum atomic E-state index is 12.5. The fraction of sp³-hybridized carbons (Fsp3) is 0.364. The van der Waals surface area contributed by atoms with E-state index in [0.29, 0.717) is 23.2 Å². The van der Waals surface area contributed by atoms with Crippen molar-refractivity contribution in [1.82, 2.24) is 4.57 Å². The number of hydrogen-bond acceptors (Lipinski definition) is 2. The van der Waals surface area contributed by atoms with E-state index in [0.717, 1.165) is 0 Å². The molecule has 1 atom stereocenters. The number of aryl methyl sites for hydroxylation is 1. The minimum atomic E-state index is -2.51. The van der Waals surface area contributed by atoms with Crippen LogP contribution in [0.5, 0.6) is 0 Å². The first-order chi connectivity index (χ1) is 8.04. The summed E-state index contributed by atoms with van der Waals surface area (Å²) in [4.78, 5) is 10.4. The lowest BCUT2D eigenvalue weighted by atomic mass is 10.1. The summed E-state index contributed by atoms with van der Waals surface area (Å²) in [5.74, 6) is -0.470. The highest BCUT2D eigenvalue weighted by Gasteiger charge is 2.20. The number of hydrogen-bond donors (Lipinski definition) is 0. The Morgan fingerprint density at radius 3 is 2.76 bits per heavy atom. The molecular weight excluding hydrogens is 296 g/mol. The first-order valence-electron chi connectivity index (χ1n) is 5.10. The van der Waals surface area contributed by atoms with E-state index in [1.165, 1.54) is 10.6 Å². The van der Waals surface area contributed by atoms with Gasteiger partial charge in [0.25, 0.3) is 6.43 Å². The van der Waals surface area contributed by atoms with Crippen LogP contribution in [0.3, 0.4) is 0 Å². The predicted molar refractivity (Wildman–Crippen MR) is 63.8 cm³/mol. The Kier molecular flexibility index (Phi) is 3.33. The number of oxazole rings is 1. The van der Waals surface area contributed by atoms with E-state index in [9.17, 15) is 13.6 Å². The van der Waals surface area contributed by atoms with E-state index in [-0.39, 0.29) is 0 Å². The second kappa shape index (κ2) is 4.60. The van der Waals surface area contributed by atoms with Crippen LogP contribution in [0.4, 0.5) is 8.78 Å². The monoisotopic (exact) mass is 305 g/mol. The topological polar surface area (TPSA) is 35.1 Å². The largest absolute Gasteiger partial charge is 0.419 e. The van der Waals surface area contributed by atoms with Gasteiger partial charge in [-0.25, -0.2) is 13.6 Å². The van der Waals surface area contributed by atoms with Crippen LogP contribution in [0, 0.1) is 0 Å². The zero-order chi connectivity index (χ0) is 12.6. The third kappa shape index (κ3) is 2.13. The third-order valence-electron chi connectivity index (χ3n) is 2.55. The molecular formula is C11H10BrF2NO2. The number of fused-ring (bicyclic) bond motifs is 1. The lowest BCUT2D eigenvalue weighted by Gasteiger charge is -2.08. The number of benzene rings is 1. The number of halogens is 3. The third-order valence-corrected chi connectivity index (χ3v) is 3.48. The van der Waals surface area contributed by atoms with Gasteiger partial charge >= 0.3 is 5.76 Å². The van der Waals surface area contributed by atoms with Gasteiger partial charge in [0, 0.05) is 6.54 Å². The molecule has 0 fully saturated rings. The summed E-state index contributed by atoms with van der Waals surface area (Å²) in [6.07, 6.45) is -2.51. The highest BCUT2D eigenvalue weighted by atomic mass is 79.9. The first kappa shape index (κ1) is 12.3. The van der Waals surface area contributed by atoms with Gasteiger partial charge in [-0.1, -0.05) is 22.0 Å². The normalized spacial score (nSPS) is 13.5. The van der Waals surface area contributed by atoms with Gasteiger partial charge in [-0.2, -0.15) is 0 Å². The van der Waals surface area contributed by atoms with Crippen molar-refractivity contribution in [3.63, 3.8) is 0 Å². The molecule has 1 aromatic carbocycles. The molecule has 0 saturated heterocycles. The molecule has 1 unspecified atom stereocenters. The Balaban J connectivity index is 2.56. The molecule has 92 valence electrons. The molecule has 1 aromatic heterocycles. The number of nitrogens with zero attached hydrogens (tertiary/aromatic N) is 1. The van der Waals surface area contributed by atoms with Crippen LogP contribution < -0.4 is 5.76 Å². The summed E-state index contributed by atoms with van der Waals surface area (Å²) in [7, 11) is 0. The van der Waals surface area contributed by atoms with Gasteiger partial charge in [-0.3, -0.25) is 4.57 Å². The average molecular weight is 306 g/mol. The van der Waals surface area contributed by atoms with Crippen LogP contribution in [0.1, 0.15) is 17.3 Å². The molecule has 0 aliphatic carbocycles. The fourth-order valence-electron chi connectivity index (χ4n) is 1.70. The van der Waals surface area contributed by atoms with E-state index in [1.54, 1.807) is 12.1 Å². The Labute approximate surface area is 104 Å². The van der Waals surface area contributed by atoms with Gasteiger partial charge in [-0.05, 0) is 24.6 Å². The standard InChI is InChI=1S/C11H10BrF2NO2/c1-2-15-7-4-3-6(9(12)10(13)14)5-8(7)17-11(15)16/h3-5,9-10H,2H2,1H3. The molecule has 0 amide bonds. The van der Waals surface area contributed by atoms with Crippen LogP contribution in [-0.2, 0) is 6.54 Å². The van der Waals surface area contributed by atoms with Crippen LogP contribution in [0.25, 0.3) is 11.1 Å². The summed E-state index contributed by atoms with van der Waals surface area (Å²) in [5.41, 5.74) is 1.35. The maximum absolute atomic E-state index is 12.5. The highest BCUT2D eigenvalue weighted by molar-refractivity contribution is 9.09. The van der Waals surface area contributed by atoms with Crippen molar-refractivity contribution >= 4 is 27.0 Å². The van der Waals surface area contributed by atoms with E-state index < -0.39 is 17.0 Å². The van der Waals surface area contributed by atoms with Gasteiger partial charge in [-0.15, -0.1) is 0 Å². The molecule has 0 saturated carbocycles. The molecule has 0 spiro atoms. The van der Waals surface area contributed by atoms with Crippen molar-refractivity contribution in [3.8, 4) is 0 Å². The summed E-state index contributed by atoms with van der Waals surface area (Å²) >= 11 is 2.90. The second-order valence-electron chi connectivity index (χ2n) is 3.58. The summed E-state index contributed by atoms with van der Waals surface area (Å²) in [6.45, 7) is 2.30. The molecule has 0 radical (unpaired) electrons. The molecule has 0 N–H and O–H groups in total. The Bertz CT molecular complexity index is 591. The van der Waals surface area contributed by atoms with Crippen molar-refractivity contribution in [2.75, 3.05) is 0 Å². The van der Waals surface area contributed by atoms with Crippen molar-refractivity contribution < 1.29 is 13.2 Å². The molecule has 1 heterocycles. The van der Waals surface area contributed by atoms with Crippen LogP contribution >= 0.6 is 15.9 Å². The minimum Gasteiger partial charge on any atom is -0.408 e. The van der Waals surface area contributed by atoms with Crippen LogP contribution in [-0.4, -0.2) is 11.0 Å². The van der Waals surface area contributed by atoms with Crippen LogP contribution in [0.15, 0.2) is 27.4 Å². The summed E-state index contributed by atoms with van der Waals surface area (Å²) in [6, 6.07) is 4.65. The van der Waals surface area contributed by atoms with E-state index in [1.807, 2.05) is 6.92 Å². The van der Waals surface area contributed by atoms with Crippen molar-refractivity contribution in [3.05, 3.63) is 34.3 Å². The first-order valence-corrected chi connectivity index (χ1v) is 6.01. The van der Waals surface area contributed by atoms with Crippen LogP contribution in [0.2, 0.25) is 0 Å². The van der Waals surface area contributed by atoms with Gasteiger partial charge in [0.2, 0.25) is 0 Å². The number of rotatable bonds is 3. The predicted octanol–water partition coefficient (Wildman–Crippen LogP) is 3.32. The van der Waals surface area contributed by atoms with E-state index in [4.69, 9.17) is 4.42 Å². The maximum Gasteiger partial charge on any atom is 0.419 e. The Hall–Kier alpha value is -1.17. The molecule has 0 aliphatic heterocycles. The zero-order valence-corrected chi connectivity index (χ0v) is 10.6. The fourth-order valence-corrected chi connectivity index (χ4v) is 1.98. The molecule has 6 heteroatoms. The highest BCUT2D eigenvalue weighted by Crippen LogP contribution is 2.31. The summed E-state index contributed by atoms with van der Waals surface area (Å²) in [5, 5.41) is 0. The van der Waals surface area contributed by atoms with E-state index >= 15 is 0 Å². The van der Waals surface area contributed by atoms with Gasteiger partial charge in [0.1, 0.15) is 4.83 Å². The lowest BCUT2D eigenvalue weighted by molar-refractivity contribution is 0.147. The van der Waals surface area contributed by atoms with Gasteiger partial charge in [0.15, 0.2) is 5.58 Å². The minimum absolute atomic E-state index is 0.333. The van der Waals surface area contributed by atoms with E-state index in [2.05, 4.69) is 15.9 Å². The molecule has 2 rings (SSSR count). The van der Waals surface area contributed by atoms with Gasteiger partial charge < -0.3 is 4.42 Å². The smallest absolute Gasteiger partial charge is 0.408 e. The molecule has 17 heavy (non-hydrogen) atoms. The zero-order valence-electron chi connectivity index (χ0n) is 8.99. The second-order valence-corrected chi connectivity index (χ2v) is 4.56. The molecule has 0 aliphatic rings. The molecule has 2 aromatic rings. The van der Waals surface area contributed by atoms with Crippen molar-refractivity contribution in [2.24, 2.45) is 0 Å². The van der Waals surface area contributed by atoms with Crippen molar-refractivity contribution in [2.45, 2.75) is 24.7 Å². The van der Waals surface area contributed by atoms with Gasteiger partial charge in [0.05, 0.1) is 5.52 Å². The molecule has 3 nitrogen and oxygen atoms in total.